The van der Waals surface area contributed by atoms with Gasteiger partial charge in [-0.15, -0.1) is 0 Å². The molecule has 0 aromatic heterocycles. The van der Waals surface area contributed by atoms with Crippen LogP contribution in [0.25, 0.3) is 0 Å². The van der Waals surface area contributed by atoms with E-state index in [-0.39, 0.29) is 18.3 Å². The number of hydrogen-bond acceptors (Lipinski definition) is 6. The summed E-state index contributed by atoms with van der Waals surface area (Å²) in [6.45, 7) is 2.66. The molecule has 0 saturated carbocycles. The zero-order chi connectivity index (χ0) is 20.8. The zero-order valence-electron chi connectivity index (χ0n) is 16.3. The van der Waals surface area contributed by atoms with Gasteiger partial charge in [0.1, 0.15) is 17.6 Å². The lowest BCUT2D eigenvalue weighted by Crippen LogP contribution is -2.45. The van der Waals surface area contributed by atoms with Gasteiger partial charge in [-0.2, -0.15) is 0 Å². The quantitative estimate of drug-likeness (QED) is 0.448. The topological polar surface area (TPSA) is 62.9 Å². The number of halogens is 2. The van der Waals surface area contributed by atoms with Crippen LogP contribution in [-0.4, -0.2) is 44.0 Å². The Kier molecular flexibility index (Phi) is 8.65. The largest absolute Gasteiger partial charge is 0.376 e. The summed E-state index contributed by atoms with van der Waals surface area (Å²) in [5.41, 5.74) is 6.47. The van der Waals surface area contributed by atoms with E-state index in [2.05, 4.69) is 0 Å². The van der Waals surface area contributed by atoms with Crippen molar-refractivity contribution in [2.75, 3.05) is 20.3 Å². The van der Waals surface area contributed by atoms with Gasteiger partial charge >= 0.3 is 0 Å². The Bertz CT molecular complexity index is 779. The number of thioether (sulfide) groups is 1. The summed E-state index contributed by atoms with van der Waals surface area (Å²) in [6, 6.07) is 15.1. The first-order valence-electron chi connectivity index (χ1n) is 9.34. The molecular weight excluding hydrogens is 433 g/mol. The Morgan fingerprint density at radius 1 is 1.21 bits per heavy atom. The molecule has 2 aromatic carbocycles. The molecule has 1 heterocycles. The van der Waals surface area contributed by atoms with E-state index in [1.54, 1.807) is 25.3 Å². The molecule has 29 heavy (non-hydrogen) atoms. The zero-order valence-corrected chi connectivity index (χ0v) is 18.6. The summed E-state index contributed by atoms with van der Waals surface area (Å²) < 4.78 is 23.8. The Balaban J connectivity index is 1.70. The summed E-state index contributed by atoms with van der Waals surface area (Å²) in [6.07, 6.45) is -1.21. The number of nitrogens with two attached hydrogens (primary N) is 1. The molecule has 3 unspecified atom stereocenters. The molecule has 2 aromatic rings. The van der Waals surface area contributed by atoms with Crippen LogP contribution in [0.5, 0.6) is 0 Å². The van der Waals surface area contributed by atoms with Crippen molar-refractivity contribution in [1.82, 2.24) is 0 Å². The van der Waals surface area contributed by atoms with Crippen LogP contribution in [0.3, 0.4) is 0 Å². The van der Waals surface area contributed by atoms with Gasteiger partial charge in [-0.25, -0.2) is 0 Å². The van der Waals surface area contributed by atoms with Crippen LogP contribution in [-0.2, 0) is 18.9 Å². The molecule has 0 aliphatic carbocycles. The van der Waals surface area contributed by atoms with Gasteiger partial charge in [-0.1, -0.05) is 65.3 Å². The fourth-order valence-electron chi connectivity index (χ4n) is 2.95. The van der Waals surface area contributed by atoms with Crippen LogP contribution in [0.2, 0.25) is 10.0 Å². The highest BCUT2D eigenvalue weighted by atomic mass is 35.5. The lowest BCUT2D eigenvalue weighted by atomic mass is 10.1. The van der Waals surface area contributed by atoms with Crippen molar-refractivity contribution >= 4 is 35.0 Å². The third-order valence-electron chi connectivity index (χ3n) is 4.63. The minimum absolute atomic E-state index is 0.179. The molecule has 0 amide bonds. The molecule has 3 rings (SSSR count). The van der Waals surface area contributed by atoms with Crippen molar-refractivity contribution in [1.29, 1.82) is 0 Å². The Hall–Kier alpha value is -0.830. The van der Waals surface area contributed by atoms with Crippen LogP contribution in [0, 0.1) is 0 Å². The van der Waals surface area contributed by atoms with Gasteiger partial charge in [0, 0.05) is 29.1 Å². The second-order valence-electron chi connectivity index (χ2n) is 6.66. The third kappa shape index (κ3) is 6.09. The molecule has 1 aliphatic heterocycles. The molecule has 2 N–H and O–H groups in total. The van der Waals surface area contributed by atoms with E-state index in [9.17, 15) is 0 Å². The third-order valence-corrected chi connectivity index (χ3v) is 6.54. The van der Waals surface area contributed by atoms with E-state index >= 15 is 0 Å². The molecule has 158 valence electrons. The van der Waals surface area contributed by atoms with Gasteiger partial charge in [0.25, 0.3) is 0 Å². The van der Waals surface area contributed by atoms with E-state index in [0.29, 0.717) is 23.2 Å². The molecule has 0 bridgehead atoms. The van der Waals surface area contributed by atoms with Crippen LogP contribution in [0.1, 0.15) is 18.8 Å². The van der Waals surface area contributed by atoms with Gasteiger partial charge in [-0.05, 0) is 25.1 Å². The lowest BCUT2D eigenvalue weighted by Gasteiger charge is -2.37. The fraction of sp³-hybridized carbons (Fsp3) is 0.429. The summed E-state index contributed by atoms with van der Waals surface area (Å²) in [5, 5.41) is 1.19. The molecule has 1 saturated heterocycles. The smallest absolute Gasteiger partial charge is 0.184 e. The first-order chi connectivity index (χ1) is 14.0. The molecule has 1 aliphatic rings. The fourth-order valence-corrected chi connectivity index (χ4v) is 4.64. The predicted octanol–water partition coefficient (Wildman–Crippen LogP) is 4.90. The summed E-state index contributed by atoms with van der Waals surface area (Å²) in [7, 11) is 1.61. The first kappa shape index (κ1) is 22.8. The van der Waals surface area contributed by atoms with Crippen molar-refractivity contribution in [2.24, 2.45) is 5.73 Å². The molecule has 5 atom stereocenters. The van der Waals surface area contributed by atoms with Crippen molar-refractivity contribution in [2.45, 2.75) is 41.9 Å². The van der Waals surface area contributed by atoms with Crippen molar-refractivity contribution in [3.63, 3.8) is 0 Å². The maximum absolute atomic E-state index is 6.34. The number of ether oxygens (including phenoxy) is 4. The van der Waals surface area contributed by atoms with Gasteiger partial charge in [0.2, 0.25) is 0 Å². The molecule has 5 nitrogen and oxygen atoms in total. The average Bonchev–Trinajstić information content (AvgIpc) is 2.73. The Morgan fingerprint density at radius 2 is 1.97 bits per heavy atom. The van der Waals surface area contributed by atoms with Gasteiger partial charge in [-0.3, -0.25) is 0 Å². The van der Waals surface area contributed by atoms with Crippen molar-refractivity contribution in [3.8, 4) is 0 Å². The molecule has 0 radical (unpaired) electrons. The van der Waals surface area contributed by atoms with Gasteiger partial charge in [0.15, 0.2) is 6.29 Å². The van der Waals surface area contributed by atoms with E-state index in [0.717, 1.165) is 10.5 Å². The van der Waals surface area contributed by atoms with Crippen molar-refractivity contribution in [3.05, 3.63) is 64.1 Å². The van der Waals surface area contributed by atoms with Crippen molar-refractivity contribution < 1.29 is 18.9 Å². The van der Waals surface area contributed by atoms with E-state index in [4.69, 9.17) is 47.9 Å². The summed E-state index contributed by atoms with van der Waals surface area (Å²) in [4.78, 5) is 0.798. The molecule has 0 spiro atoms. The van der Waals surface area contributed by atoms with Crippen LogP contribution in [0.4, 0.5) is 0 Å². The molecule has 1 fully saturated rings. The number of hydrogen-bond donors (Lipinski definition) is 1. The normalized spacial score (nSPS) is 24.2. The second-order valence-corrected chi connectivity index (χ2v) is 8.65. The highest BCUT2D eigenvalue weighted by Gasteiger charge is 2.35. The monoisotopic (exact) mass is 457 g/mol. The summed E-state index contributed by atoms with van der Waals surface area (Å²) in [5.74, 6) is 0. The number of benzene rings is 2. The van der Waals surface area contributed by atoms with Crippen LogP contribution in [0.15, 0.2) is 53.4 Å². The minimum atomic E-state index is -0.410. The summed E-state index contributed by atoms with van der Waals surface area (Å²) >= 11 is 13.9. The highest BCUT2D eigenvalue weighted by molar-refractivity contribution is 8.00. The van der Waals surface area contributed by atoms with Crippen LogP contribution < -0.4 is 5.73 Å². The molecule has 8 heteroatoms. The second kappa shape index (κ2) is 11.0. The van der Waals surface area contributed by atoms with E-state index < -0.39 is 11.7 Å². The highest BCUT2D eigenvalue weighted by Crippen LogP contribution is 2.37. The first-order valence-corrected chi connectivity index (χ1v) is 11.0. The number of methoxy groups -OCH3 is 1. The Labute approximate surface area is 185 Å². The van der Waals surface area contributed by atoms with E-state index in [1.165, 1.54) is 11.8 Å². The van der Waals surface area contributed by atoms with Crippen LogP contribution >= 0.6 is 35.0 Å². The van der Waals surface area contributed by atoms with E-state index in [1.807, 2.05) is 37.3 Å². The average molecular weight is 458 g/mol. The SMILES string of the molecule is CO[C@@H](CN)C(OC1COC(c2ccccc2)O[C@@H]1C)Sc1cc(Cl)ccc1Cl. The number of rotatable bonds is 8. The molecular formula is C21H25Cl2NO4S. The minimum Gasteiger partial charge on any atom is -0.376 e. The lowest BCUT2D eigenvalue weighted by molar-refractivity contribution is -0.266. The standard InChI is InChI=1S/C21H25Cl2NO4S/c1-13-18(12-26-20(27-13)14-6-4-3-5-7-14)28-21(17(11-24)25-2)29-19-10-15(22)8-9-16(19)23/h3-10,13,17-18,20-21H,11-12,24H2,1-2H3/t13-,17+,18?,20?,21?/m1/s1. The maximum Gasteiger partial charge on any atom is 0.184 e. The Morgan fingerprint density at radius 3 is 2.62 bits per heavy atom. The maximum atomic E-state index is 6.34. The predicted molar refractivity (Wildman–Crippen MR) is 117 cm³/mol. The van der Waals surface area contributed by atoms with Gasteiger partial charge < -0.3 is 24.7 Å². The van der Waals surface area contributed by atoms with Gasteiger partial charge in [0.05, 0.1) is 17.7 Å².